The van der Waals surface area contributed by atoms with Crippen molar-refractivity contribution in [2.45, 2.75) is 19.9 Å². The van der Waals surface area contributed by atoms with Crippen molar-refractivity contribution in [3.8, 4) is 5.75 Å². The zero-order valence-corrected chi connectivity index (χ0v) is 13.3. The Balaban J connectivity index is 2.16. The first-order valence-corrected chi connectivity index (χ1v) is 7.40. The highest BCUT2D eigenvalue weighted by molar-refractivity contribution is 6.39. The molecule has 1 N–H and O–H groups in total. The van der Waals surface area contributed by atoms with Crippen molar-refractivity contribution in [1.82, 2.24) is 0 Å². The van der Waals surface area contributed by atoms with Gasteiger partial charge in [-0.05, 0) is 43.7 Å². The van der Waals surface area contributed by atoms with Crippen LogP contribution in [0, 0.1) is 5.82 Å². The minimum atomic E-state index is -0.454. The Hall–Kier alpha value is -1.45. The van der Waals surface area contributed by atoms with Crippen molar-refractivity contribution in [2.24, 2.45) is 0 Å². The normalized spacial score (nSPS) is 12.0. The van der Waals surface area contributed by atoms with Gasteiger partial charge in [-0.3, -0.25) is 0 Å². The first-order valence-electron chi connectivity index (χ1n) is 6.65. The molecule has 21 heavy (non-hydrogen) atoms. The SMILES string of the molecule is CCOc1ccc(C(C)Nc2c(Cl)cc(F)cc2Cl)cc1. The van der Waals surface area contributed by atoms with Crippen LogP contribution in [0.5, 0.6) is 5.75 Å². The third-order valence-electron chi connectivity index (χ3n) is 3.06. The number of anilines is 1. The van der Waals surface area contributed by atoms with Crippen LogP contribution in [0.3, 0.4) is 0 Å². The van der Waals surface area contributed by atoms with Crippen molar-refractivity contribution >= 4 is 28.9 Å². The van der Waals surface area contributed by atoms with Crippen molar-refractivity contribution < 1.29 is 9.13 Å². The third kappa shape index (κ3) is 4.02. The highest BCUT2D eigenvalue weighted by atomic mass is 35.5. The summed E-state index contributed by atoms with van der Waals surface area (Å²) in [5, 5.41) is 3.73. The number of ether oxygens (including phenoxy) is 1. The Morgan fingerprint density at radius 2 is 1.71 bits per heavy atom. The van der Waals surface area contributed by atoms with Crippen LogP contribution >= 0.6 is 23.2 Å². The molecule has 2 rings (SSSR count). The van der Waals surface area contributed by atoms with E-state index in [1.807, 2.05) is 38.1 Å². The maximum absolute atomic E-state index is 13.2. The summed E-state index contributed by atoms with van der Waals surface area (Å²) in [6, 6.07) is 10.2. The number of nitrogens with one attached hydrogen (secondary N) is 1. The van der Waals surface area contributed by atoms with Crippen LogP contribution in [-0.4, -0.2) is 6.61 Å². The molecule has 0 saturated heterocycles. The van der Waals surface area contributed by atoms with Gasteiger partial charge >= 0.3 is 0 Å². The summed E-state index contributed by atoms with van der Waals surface area (Å²) < 4.78 is 18.6. The Labute approximate surface area is 133 Å². The average molecular weight is 328 g/mol. The lowest BCUT2D eigenvalue weighted by Gasteiger charge is -2.18. The van der Waals surface area contributed by atoms with Gasteiger partial charge in [0.05, 0.1) is 22.3 Å². The van der Waals surface area contributed by atoms with Gasteiger partial charge in [-0.25, -0.2) is 4.39 Å². The minimum Gasteiger partial charge on any atom is -0.494 e. The molecule has 0 saturated carbocycles. The van der Waals surface area contributed by atoms with E-state index in [1.165, 1.54) is 12.1 Å². The molecule has 0 heterocycles. The lowest BCUT2D eigenvalue weighted by Crippen LogP contribution is -2.07. The van der Waals surface area contributed by atoms with Crippen molar-refractivity contribution in [2.75, 3.05) is 11.9 Å². The summed E-state index contributed by atoms with van der Waals surface area (Å²) >= 11 is 12.1. The van der Waals surface area contributed by atoms with E-state index in [9.17, 15) is 4.39 Å². The summed E-state index contributed by atoms with van der Waals surface area (Å²) in [4.78, 5) is 0. The van der Waals surface area contributed by atoms with Crippen LogP contribution in [0.2, 0.25) is 10.0 Å². The molecule has 0 aliphatic rings. The molecule has 0 aliphatic carbocycles. The van der Waals surface area contributed by atoms with E-state index >= 15 is 0 Å². The summed E-state index contributed by atoms with van der Waals surface area (Å²) in [6.07, 6.45) is 0. The zero-order valence-electron chi connectivity index (χ0n) is 11.8. The zero-order chi connectivity index (χ0) is 15.4. The minimum absolute atomic E-state index is 0.0267. The largest absolute Gasteiger partial charge is 0.494 e. The summed E-state index contributed by atoms with van der Waals surface area (Å²) in [5.74, 6) is 0.371. The second-order valence-electron chi connectivity index (χ2n) is 4.61. The topological polar surface area (TPSA) is 21.3 Å². The van der Waals surface area contributed by atoms with E-state index in [4.69, 9.17) is 27.9 Å². The van der Waals surface area contributed by atoms with Crippen molar-refractivity contribution in [1.29, 1.82) is 0 Å². The lowest BCUT2D eigenvalue weighted by molar-refractivity contribution is 0.340. The Morgan fingerprint density at radius 3 is 2.24 bits per heavy atom. The van der Waals surface area contributed by atoms with E-state index in [-0.39, 0.29) is 16.1 Å². The molecule has 1 unspecified atom stereocenters. The van der Waals surface area contributed by atoms with Crippen LogP contribution in [0.25, 0.3) is 0 Å². The van der Waals surface area contributed by atoms with Gasteiger partial charge in [-0.2, -0.15) is 0 Å². The second-order valence-corrected chi connectivity index (χ2v) is 5.43. The molecule has 2 nitrogen and oxygen atoms in total. The van der Waals surface area contributed by atoms with Gasteiger partial charge in [-0.1, -0.05) is 35.3 Å². The fourth-order valence-electron chi connectivity index (χ4n) is 2.00. The summed E-state index contributed by atoms with van der Waals surface area (Å²) in [6.45, 7) is 4.55. The van der Waals surface area contributed by atoms with E-state index < -0.39 is 5.82 Å². The number of hydrogen-bond donors (Lipinski definition) is 1. The Kier molecular flexibility index (Phi) is 5.32. The fourth-order valence-corrected chi connectivity index (χ4v) is 2.57. The molecular formula is C16H16Cl2FNO. The predicted octanol–water partition coefficient (Wildman–Crippen LogP) is 5.70. The molecule has 0 radical (unpaired) electrons. The van der Waals surface area contributed by atoms with Gasteiger partial charge in [0.15, 0.2) is 0 Å². The van der Waals surface area contributed by atoms with Gasteiger partial charge in [0.1, 0.15) is 11.6 Å². The molecule has 0 fully saturated rings. The monoisotopic (exact) mass is 327 g/mol. The van der Waals surface area contributed by atoms with Gasteiger partial charge in [0.25, 0.3) is 0 Å². The first-order chi connectivity index (χ1) is 10.0. The summed E-state index contributed by atoms with van der Waals surface area (Å²) in [5.41, 5.74) is 1.58. The average Bonchev–Trinajstić information content (AvgIpc) is 2.43. The van der Waals surface area contributed by atoms with Gasteiger partial charge in [0, 0.05) is 6.04 Å². The van der Waals surface area contributed by atoms with E-state index in [0.29, 0.717) is 12.3 Å². The molecule has 2 aromatic carbocycles. The van der Waals surface area contributed by atoms with Gasteiger partial charge in [-0.15, -0.1) is 0 Å². The number of halogens is 3. The quantitative estimate of drug-likeness (QED) is 0.760. The maximum atomic E-state index is 13.2. The van der Waals surface area contributed by atoms with Crippen LogP contribution < -0.4 is 10.1 Å². The van der Waals surface area contributed by atoms with Crippen molar-refractivity contribution in [3.63, 3.8) is 0 Å². The molecule has 1 atom stereocenters. The standard InChI is InChI=1S/C16H16Cl2FNO/c1-3-21-13-6-4-11(5-7-13)10(2)20-16-14(17)8-12(19)9-15(16)18/h4-10,20H,3H2,1-2H3. The molecule has 0 spiro atoms. The van der Waals surface area contributed by atoms with Crippen LogP contribution in [0.4, 0.5) is 10.1 Å². The first kappa shape index (κ1) is 15.9. The maximum Gasteiger partial charge on any atom is 0.126 e. The van der Waals surface area contributed by atoms with E-state index in [2.05, 4.69) is 5.32 Å². The predicted molar refractivity (Wildman–Crippen MR) is 86.1 cm³/mol. The Bertz CT molecular complexity index is 593. The fraction of sp³-hybridized carbons (Fsp3) is 0.250. The highest BCUT2D eigenvalue weighted by Crippen LogP contribution is 2.34. The lowest BCUT2D eigenvalue weighted by atomic mass is 10.1. The number of hydrogen-bond acceptors (Lipinski definition) is 2. The van der Waals surface area contributed by atoms with Crippen LogP contribution in [-0.2, 0) is 0 Å². The smallest absolute Gasteiger partial charge is 0.126 e. The molecule has 0 bridgehead atoms. The van der Waals surface area contributed by atoms with Crippen LogP contribution in [0.1, 0.15) is 25.5 Å². The number of benzene rings is 2. The van der Waals surface area contributed by atoms with E-state index in [1.54, 1.807) is 0 Å². The molecular weight excluding hydrogens is 312 g/mol. The molecule has 2 aromatic rings. The van der Waals surface area contributed by atoms with Crippen molar-refractivity contribution in [3.05, 3.63) is 57.8 Å². The van der Waals surface area contributed by atoms with E-state index in [0.717, 1.165) is 11.3 Å². The third-order valence-corrected chi connectivity index (χ3v) is 3.66. The van der Waals surface area contributed by atoms with Gasteiger partial charge in [0.2, 0.25) is 0 Å². The Morgan fingerprint density at radius 1 is 1.14 bits per heavy atom. The molecule has 0 amide bonds. The molecule has 5 heteroatoms. The molecule has 112 valence electrons. The van der Waals surface area contributed by atoms with Gasteiger partial charge < -0.3 is 10.1 Å². The number of rotatable bonds is 5. The highest BCUT2D eigenvalue weighted by Gasteiger charge is 2.12. The second kappa shape index (κ2) is 7.01. The summed E-state index contributed by atoms with van der Waals surface area (Å²) in [7, 11) is 0. The molecule has 0 aromatic heterocycles. The molecule has 0 aliphatic heterocycles. The van der Waals surface area contributed by atoms with Crippen LogP contribution in [0.15, 0.2) is 36.4 Å².